The lowest BCUT2D eigenvalue weighted by Gasteiger charge is -2.39. The Balaban J connectivity index is 2.19. The first-order chi connectivity index (χ1) is 9.03. The largest absolute Gasteiger partial charge is 0.370 e. The minimum atomic E-state index is 0.452. The first-order valence-corrected chi connectivity index (χ1v) is 8.24. The van der Waals surface area contributed by atoms with Gasteiger partial charge in [-0.1, -0.05) is 37.6 Å². The Morgan fingerprint density at radius 2 is 2.00 bits per heavy atom. The second-order valence-corrected chi connectivity index (χ2v) is 6.80. The van der Waals surface area contributed by atoms with Crippen LogP contribution in [0.25, 0.3) is 0 Å². The Morgan fingerprint density at radius 3 is 2.63 bits per heavy atom. The molecular formula is C15H22ClNOS. The molecule has 0 amide bonds. The Labute approximate surface area is 125 Å². The van der Waals surface area contributed by atoms with E-state index in [1.165, 1.54) is 30.4 Å². The average molecular weight is 300 g/mol. The van der Waals surface area contributed by atoms with Crippen LogP contribution >= 0.6 is 23.6 Å². The maximum atomic E-state index is 6.41. The van der Waals surface area contributed by atoms with Crippen molar-refractivity contribution in [3.8, 4) is 0 Å². The van der Waals surface area contributed by atoms with Gasteiger partial charge in [0.25, 0.3) is 0 Å². The third-order valence-electron chi connectivity index (χ3n) is 3.84. The average Bonchev–Trinajstić information content (AvgIpc) is 2.37. The molecular weight excluding hydrogens is 278 g/mol. The molecule has 1 aliphatic heterocycles. The summed E-state index contributed by atoms with van der Waals surface area (Å²) in [6, 6.07) is 6.08. The van der Waals surface area contributed by atoms with Crippen LogP contribution in [-0.2, 0) is 10.8 Å². The summed E-state index contributed by atoms with van der Waals surface area (Å²) in [4.78, 5) is 2.41. The van der Waals surface area contributed by atoms with Crippen LogP contribution in [0.3, 0.4) is 0 Å². The second kappa shape index (κ2) is 6.38. The molecule has 1 aromatic carbocycles. The highest BCUT2D eigenvalue weighted by Gasteiger charge is 2.27. The Bertz CT molecular complexity index is 426. The van der Waals surface area contributed by atoms with Crippen LogP contribution in [0, 0.1) is 5.41 Å². The highest BCUT2D eigenvalue weighted by molar-refractivity contribution is 7.93. The van der Waals surface area contributed by atoms with E-state index in [0.29, 0.717) is 12.0 Å². The van der Waals surface area contributed by atoms with Crippen LogP contribution < -0.4 is 4.90 Å². The summed E-state index contributed by atoms with van der Waals surface area (Å²) in [6.07, 6.45) is 4.36. The van der Waals surface area contributed by atoms with Crippen LogP contribution in [-0.4, -0.2) is 19.3 Å². The smallest absolute Gasteiger partial charge is 0.0885 e. The lowest BCUT2D eigenvalue weighted by atomic mass is 9.82. The fraction of sp³-hybridized carbons (Fsp3) is 0.600. The van der Waals surface area contributed by atoms with E-state index in [1.54, 1.807) is 0 Å². The molecule has 0 unspecified atom stereocenters. The maximum Gasteiger partial charge on any atom is 0.0885 e. The monoisotopic (exact) mass is 299 g/mol. The maximum absolute atomic E-state index is 6.41. The summed E-state index contributed by atoms with van der Waals surface area (Å²) in [7, 11) is 0. The Morgan fingerprint density at radius 1 is 1.32 bits per heavy atom. The van der Waals surface area contributed by atoms with Gasteiger partial charge >= 0.3 is 0 Å². The lowest BCUT2D eigenvalue weighted by Crippen LogP contribution is -2.38. The molecule has 0 radical (unpaired) electrons. The Kier molecular flexibility index (Phi) is 5.04. The molecule has 0 bridgehead atoms. The van der Waals surface area contributed by atoms with E-state index in [2.05, 4.69) is 24.8 Å². The van der Waals surface area contributed by atoms with E-state index in [9.17, 15) is 0 Å². The lowest BCUT2D eigenvalue weighted by molar-refractivity contribution is 0.279. The van der Waals surface area contributed by atoms with E-state index >= 15 is 0 Å². The van der Waals surface area contributed by atoms with Gasteiger partial charge in [-0.15, -0.1) is 0 Å². The molecule has 4 heteroatoms. The van der Waals surface area contributed by atoms with Crippen molar-refractivity contribution in [3.63, 3.8) is 0 Å². The van der Waals surface area contributed by atoms with Crippen molar-refractivity contribution in [2.45, 2.75) is 33.3 Å². The molecule has 0 N–H and O–H groups in total. The van der Waals surface area contributed by atoms with Gasteiger partial charge in [-0.2, -0.15) is 0 Å². The van der Waals surface area contributed by atoms with Gasteiger partial charge in [-0.05, 0) is 36.4 Å². The summed E-state index contributed by atoms with van der Waals surface area (Å²) in [5.74, 6) is 0. The molecule has 1 aliphatic rings. The molecule has 1 fully saturated rings. The van der Waals surface area contributed by atoms with Gasteiger partial charge in [0.05, 0.1) is 17.3 Å². The number of benzene rings is 1. The number of hydrogen-bond donors (Lipinski definition) is 0. The molecule has 1 heterocycles. The SMILES string of the molecule is CSOCc1cccc(Cl)c1N1CCC(C)(C)CC1. The van der Waals surface area contributed by atoms with Crippen molar-refractivity contribution in [2.75, 3.05) is 24.2 Å². The standard InChI is InChI=1S/C15H22ClNOS/c1-15(2)7-9-17(10-8-15)14-12(11-18-19-3)5-4-6-13(14)16/h4-6H,7-11H2,1-3H3. The summed E-state index contributed by atoms with van der Waals surface area (Å²) in [6.45, 7) is 7.44. The summed E-state index contributed by atoms with van der Waals surface area (Å²) in [5, 5.41) is 0.835. The van der Waals surface area contributed by atoms with Crippen molar-refractivity contribution in [1.82, 2.24) is 0 Å². The molecule has 0 aliphatic carbocycles. The van der Waals surface area contributed by atoms with Crippen molar-refractivity contribution < 1.29 is 4.18 Å². The van der Waals surface area contributed by atoms with Crippen LogP contribution in [0.2, 0.25) is 5.02 Å². The molecule has 2 nitrogen and oxygen atoms in total. The fourth-order valence-electron chi connectivity index (χ4n) is 2.49. The zero-order valence-corrected chi connectivity index (χ0v) is 13.5. The first kappa shape index (κ1) is 15.0. The second-order valence-electron chi connectivity index (χ2n) is 5.83. The Hall–Kier alpha value is -0.380. The number of piperidine rings is 1. The van der Waals surface area contributed by atoms with Crippen LogP contribution in [0.1, 0.15) is 32.3 Å². The van der Waals surface area contributed by atoms with Gasteiger partial charge in [0.1, 0.15) is 0 Å². The molecule has 106 valence electrons. The highest BCUT2D eigenvalue weighted by atomic mass is 35.5. The molecule has 1 aromatic rings. The van der Waals surface area contributed by atoms with Gasteiger partial charge in [0.2, 0.25) is 0 Å². The van der Waals surface area contributed by atoms with E-state index in [0.717, 1.165) is 23.8 Å². The first-order valence-electron chi connectivity index (χ1n) is 6.71. The quantitative estimate of drug-likeness (QED) is 0.744. The number of nitrogens with zero attached hydrogens (tertiary/aromatic N) is 1. The third kappa shape index (κ3) is 3.80. The number of para-hydroxylation sites is 1. The van der Waals surface area contributed by atoms with Crippen LogP contribution in [0.15, 0.2) is 18.2 Å². The predicted molar refractivity (Wildman–Crippen MR) is 85.0 cm³/mol. The molecule has 0 atom stereocenters. The molecule has 0 aromatic heterocycles. The summed E-state index contributed by atoms with van der Waals surface area (Å²) in [5.41, 5.74) is 2.79. The van der Waals surface area contributed by atoms with E-state index in [-0.39, 0.29) is 0 Å². The van der Waals surface area contributed by atoms with Gasteiger partial charge < -0.3 is 9.08 Å². The fourth-order valence-corrected chi connectivity index (χ4v) is 3.05. The number of rotatable bonds is 4. The van der Waals surface area contributed by atoms with E-state index in [4.69, 9.17) is 15.8 Å². The minimum absolute atomic E-state index is 0.452. The van der Waals surface area contributed by atoms with Crippen molar-refractivity contribution in [3.05, 3.63) is 28.8 Å². The number of anilines is 1. The number of halogens is 1. The minimum Gasteiger partial charge on any atom is -0.370 e. The third-order valence-corrected chi connectivity index (χ3v) is 4.49. The molecule has 2 rings (SSSR count). The normalized spacial score (nSPS) is 18.6. The molecule has 19 heavy (non-hydrogen) atoms. The van der Waals surface area contributed by atoms with Crippen molar-refractivity contribution in [1.29, 1.82) is 0 Å². The van der Waals surface area contributed by atoms with E-state index in [1.807, 2.05) is 18.4 Å². The van der Waals surface area contributed by atoms with Crippen molar-refractivity contribution >= 4 is 29.3 Å². The summed E-state index contributed by atoms with van der Waals surface area (Å²) >= 11 is 7.80. The van der Waals surface area contributed by atoms with Gasteiger partial charge in [-0.25, -0.2) is 0 Å². The molecule has 0 saturated carbocycles. The van der Waals surface area contributed by atoms with Crippen molar-refractivity contribution in [2.24, 2.45) is 5.41 Å². The topological polar surface area (TPSA) is 12.5 Å². The predicted octanol–water partition coefficient (Wildman–Crippen LogP) is 4.76. The van der Waals surface area contributed by atoms with Gasteiger partial charge in [0, 0.05) is 24.9 Å². The summed E-state index contributed by atoms with van der Waals surface area (Å²) < 4.78 is 5.48. The van der Waals surface area contributed by atoms with Gasteiger partial charge in [-0.3, -0.25) is 0 Å². The van der Waals surface area contributed by atoms with E-state index < -0.39 is 0 Å². The van der Waals surface area contributed by atoms with Gasteiger partial charge in [0.15, 0.2) is 0 Å². The zero-order valence-electron chi connectivity index (χ0n) is 11.9. The van der Waals surface area contributed by atoms with Crippen LogP contribution in [0.4, 0.5) is 5.69 Å². The van der Waals surface area contributed by atoms with Crippen LogP contribution in [0.5, 0.6) is 0 Å². The molecule has 0 spiro atoms. The number of hydrogen-bond acceptors (Lipinski definition) is 3. The zero-order chi connectivity index (χ0) is 13.9. The molecule has 1 saturated heterocycles. The highest BCUT2D eigenvalue weighted by Crippen LogP contribution is 2.37.